The lowest BCUT2D eigenvalue weighted by Gasteiger charge is -2.04. The minimum atomic E-state index is 0.665. The molecule has 2 heteroatoms. The highest BCUT2D eigenvalue weighted by Gasteiger charge is 2.05. The summed E-state index contributed by atoms with van der Waals surface area (Å²) in [6, 6.07) is 3.72. The van der Waals surface area contributed by atoms with Gasteiger partial charge in [-0.05, 0) is 24.6 Å². The van der Waals surface area contributed by atoms with Crippen LogP contribution in [-0.2, 0) is 7.05 Å². The van der Waals surface area contributed by atoms with E-state index >= 15 is 0 Å². The lowest BCUT2D eigenvalue weighted by molar-refractivity contribution is 0.111. The highest BCUT2D eigenvalue weighted by atomic mass is 16.1. The zero-order valence-corrected chi connectivity index (χ0v) is 9.10. The Morgan fingerprint density at radius 3 is 2.67 bits per heavy atom. The van der Waals surface area contributed by atoms with Crippen molar-refractivity contribution in [1.29, 1.82) is 0 Å². The third-order valence-corrected chi connectivity index (χ3v) is 2.27. The van der Waals surface area contributed by atoms with Crippen molar-refractivity contribution in [2.24, 2.45) is 7.05 Å². The van der Waals surface area contributed by atoms with E-state index in [1.54, 1.807) is 12.1 Å². The van der Waals surface area contributed by atoms with Crippen LogP contribution < -0.4 is 0 Å². The number of hydrogen-bond donors (Lipinski definition) is 0. The Bertz CT molecular complexity index is 422. The lowest BCUT2D eigenvalue weighted by Crippen LogP contribution is -1.98. The third-order valence-electron chi connectivity index (χ3n) is 2.27. The molecule has 1 aromatic rings. The van der Waals surface area contributed by atoms with Gasteiger partial charge in [-0.15, -0.1) is 0 Å². The molecule has 0 aliphatic carbocycles. The monoisotopic (exact) mass is 201 g/mol. The van der Waals surface area contributed by atoms with Crippen molar-refractivity contribution < 1.29 is 4.79 Å². The number of carbonyl (C=O) groups excluding carboxylic acids is 1. The Morgan fingerprint density at radius 1 is 1.47 bits per heavy atom. The van der Waals surface area contributed by atoms with Gasteiger partial charge in [-0.2, -0.15) is 0 Å². The molecule has 0 aromatic carbocycles. The fraction of sp³-hybridized carbons (Fsp3) is 0.154. The van der Waals surface area contributed by atoms with E-state index in [0.29, 0.717) is 5.69 Å². The maximum absolute atomic E-state index is 10.7. The van der Waals surface area contributed by atoms with Crippen LogP contribution in [-0.4, -0.2) is 10.9 Å². The second kappa shape index (κ2) is 5.15. The average Bonchev–Trinajstić information content (AvgIpc) is 2.62. The number of allylic oxidation sites excluding steroid dienone is 5. The Kier molecular flexibility index (Phi) is 3.86. The van der Waals surface area contributed by atoms with Crippen molar-refractivity contribution in [3.8, 4) is 0 Å². The molecule has 1 rings (SSSR count). The molecule has 0 N–H and O–H groups in total. The summed E-state index contributed by atoms with van der Waals surface area (Å²) in [4.78, 5) is 10.7. The van der Waals surface area contributed by atoms with Gasteiger partial charge in [0.15, 0.2) is 6.29 Å². The molecule has 78 valence electrons. The van der Waals surface area contributed by atoms with E-state index in [4.69, 9.17) is 0 Å². The summed E-state index contributed by atoms with van der Waals surface area (Å²) in [5.41, 5.74) is 2.66. The molecular formula is C13H15NO. The molecular weight excluding hydrogens is 186 g/mol. The molecule has 0 saturated carbocycles. The summed E-state index contributed by atoms with van der Waals surface area (Å²) in [6.07, 6.45) is 8.50. The molecule has 15 heavy (non-hydrogen) atoms. The number of aromatic nitrogens is 1. The van der Waals surface area contributed by atoms with Crippen molar-refractivity contribution in [2.75, 3.05) is 0 Å². The molecule has 0 aliphatic rings. The van der Waals surface area contributed by atoms with Crippen LogP contribution in [0.4, 0.5) is 0 Å². The molecule has 0 amide bonds. The van der Waals surface area contributed by atoms with E-state index < -0.39 is 0 Å². The van der Waals surface area contributed by atoms with Gasteiger partial charge in [-0.3, -0.25) is 4.79 Å². The van der Waals surface area contributed by atoms with Gasteiger partial charge in [0.1, 0.15) is 0 Å². The van der Waals surface area contributed by atoms with Crippen LogP contribution in [0.5, 0.6) is 0 Å². The predicted molar refractivity (Wildman–Crippen MR) is 63.8 cm³/mol. The molecule has 0 fully saturated rings. The van der Waals surface area contributed by atoms with Crippen LogP contribution in [0.15, 0.2) is 43.0 Å². The van der Waals surface area contributed by atoms with Gasteiger partial charge in [-0.25, -0.2) is 0 Å². The molecule has 0 saturated heterocycles. The summed E-state index contributed by atoms with van der Waals surface area (Å²) in [6.45, 7) is 5.72. The van der Waals surface area contributed by atoms with Crippen molar-refractivity contribution in [2.45, 2.75) is 6.92 Å². The Morgan fingerprint density at radius 2 is 2.20 bits per heavy atom. The topological polar surface area (TPSA) is 22.0 Å². The maximum atomic E-state index is 10.7. The van der Waals surface area contributed by atoms with E-state index in [9.17, 15) is 4.79 Å². The highest BCUT2D eigenvalue weighted by molar-refractivity contribution is 5.78. The number of aldehydes is 1. The molecule has 0 spiro atoms. The van der Waals surface area contributed by atoms with Crippen molar-refractivity contribution in [3.63, 3.8) is 0 Å². The fourth-order valence-electron chi connectivity index (χ4n) is 1.39. The maximum Gasteiger partial charge on any atom is 0.166 e. The van der Waals surface area contributed by atoms with E-state index in [2.05, 4.69) is 6.58 Å². The fourth-order valence-corrected chi connectivity index (χ4v) is 1.39. The summed E-state index contributed by atoms with van der Waals surface area (Å²) in [5, 5.41) is 0. The molecule has 1 aromatic heterocycles. The van der Waals surface area contributed by atoms with Gasteiger partial charge < -0.3 is 4.57 Å². The minimum absolute atomic E-state index is 0.665. The second-order valence-electron chi connectivity index (χ2n) is 3.17. The smallest absolute Gasteiger partial charge is 0.166 e. The average molecular weight is 201 g/mol. The standard InChI is InChI=1S/C13H15NO/c1-4-6-7-11(5-2)13-9-8-12(10-15)14(13)3/h4-10H,2H2,1,3H3/b6-4-,11-7+. The summed E-state index contributed by atoms with van der Waals surface area (Å²) in [5.74, 6) is 0. The summed E-state index contributed by atoms with van der Waals surface area (Å²) < 4.78 is 1.85. The van der Waals surface area contributed by atoms with Gasteiger partial charge in [0, 0.05) is 12.7 Å². The van der Waals surface area contributed by atoms with Gasteiger partial charge in [0.2, 0.25) is 0 Å². The van der Waals surface area contributed by atoms with Crippen molar-refractivity contribution >= 4 is 11.9 Å². The first kappa shape index (κ1) is 11.2. The van der Waals surface area contributed by atoms with Crippen molar-refractivity contribution in [3.05, 3.63) is 54.4 Å². The number of rotatable bonds is 4. The Balaban J connectivity index is 3.18. The Labute approximate surface area is 90.2 Å². The van der Waals surface area contributed by atoms with Crippen molar-refractivity contribution in [1.82, 2.24) is 4.57 Å². The van der Waals surface area contributed by atoms with Gasteiger partial charge in [0.25, 0.3) is 0 Å². The van der Waals surface area contributed by atoms with Crippen LogP contribution in [0.1, 0.15) is 23.1 Å². The van der Waals surface area contributed by atoms with Gasteiger partial charge in [-0.1, -0.05) is 30.9 Å². The second-order valence-corrected chi connectivity index (χ2v) is 3.17. The SMILES string of the molecule is C=C/C(=C\C=C/C)c1ccc(C=O)n1C. The third kappa shape index (κ3) is 2.34. The zero-order valence-electron chi connectivity index (χ0n) is 9.10. The first-order valence-corrected chi connectivity index (χ1v) is 4.81. The predicted octanol–water partition coefficient (Wildman–Crippen LogP) is 2.98. The van der Waals surface area contributed by atoms with Crippen LogP contribution in [0.2, 0.25) is 0 Å². The first-order chi connectivity index (χ1) is 7.24. The summed E-state index contributed by atoms with van der Waals surface area (Å²) in [7, 11) is 1.87. The molecule has 0 radical (unpaired) electrons. The van der Waals surface area contributed by atoms with Crippen LogP contribution >= 0.6 is 0 Å². The highest BCUT2D eigenvalue weighted by Crippen LogP contribution is 2.17. The molecule has 2 nitrogen and oxygen atoms in total. The lowest BCUT2D eigenvalue weighted by atomic mass is 10.1. The van der Waals surface area contributed by atoms with Crippen LogP contribution in [0.3, 0.4) is 0 Å². The molecule has 0 unspecified atom stereocenters. The molecule has 0 aliphatic heterocycles. The van der Waals surface area contributed by atoms with Crippen LogP contribution in [0.25, 0.3) is 5.57 Å². The van der Waals surface area contributed by atoms with Gasteiger partial charge >= 0.3 is 0 Å². The van der Waals surface area contributed by atoms with E-state index in [0.717, 1.165) is 17.6 Å². The van der Waals surface area contributed by atoms with E-state index in [1.165, 1.54) is 0 Å². The van der Waals surface area contributed by atoms with E-state index in [1.807, 2.05) is 42.8 Å². The molecule has 0 bridgehead atoms. The first-order valence-electron chi connectivity index (χ1n) is 4.81. The molecule has 1 heterocycles. The zero-order chi connectivity index (χ0) is 11.3. The largest absolute Gasteiger partial charge is 0.341 e. The number of hydrogen-bond acceptors (Lipinski definition) is 1. The minimum Gasteiger partial charge on any atom is -0.341 e. The van der Waals surface area contributed by atoms with Crippen LogP contribution in [0, 0.1) is 0 Å². The normalized spacial score (nSPS) is 12.0. The number of nitrogens with zero attached hydrogens (tertiary/aromatic N) is 1. The summed E-state index contributed by atoms with van der Waals surface area (Å²) >= 11 is 0. The number of carbonyl (C=O) groups is 1. The molecule has 0 atom stereocenters. The Hall–Kier alpha value is -1.83. The van der Waals surface area contributed by atoms with E-state index in [-0.39, 0.29) is 0 Å². The van der Waals surface area contributed by atoms with Gasteiger partial charge in [0.05, 0.1) is 5.69 Å². The quantitative estimate of drug-likeness (QED) is 0.542.